The van der Waals surface area contributed by atoms with Crippen molar-refractivity contribution in [2.45, 2.75) is 32.4 Å². The molecule has 0 N–H and O–H groups in total. The molecule has 0 radical (unpaired) electrons. The van der Waals surface area contributed by atoms with E-state index in [2.05, 4.69) is 0 Å². The Morgan fingerprint density at radius 1 is 1.35 bits per heavy atom. The van der Waals surface area contributed by atoms with Crippen molar-refractivity contribution in [2.75, 3.05) is 0 Å². The van der Waals surface area contributed by atoms with Gasteiger partial charge in [0.1, 0.15) is 5.41 Å². The molecule has 1 atom stereocenters. The van der Waals surface area contributed by atoms with E-state index in [-0.39, 0.29) is 17.7 Å². The van der Waals surface area contributed by atoms with Crippen LogP contribution in [0.15, 0.2) is 29.2 Å². The number of hydrogen-bond acceptors (Lipinski definition) is 3. The van der Waals surface area contributed by atoms with Gasteiger partial charge >= 0.3 is 6.18 Å². The molecular formula is C14H13F3O2S. The second kappa shape index (κ2) is 5.16. The molecule has 0 bridgehead atoms. The second-order valence-corrected chi connectivity index (χ2v) is 5.93. The lowest BCUT2D eigenvalue weighted by Crippen LogP contribution is -2.47. The largest absolute Gasteiger partial charge is 0.451 e. The molecular weight excluding hydrogens is 289 g/mol. The smallest absolute Gasteiger partial charge is 0.292 e. The van der Waals surface area contributed by atoms with Crippen LogP contribution in [-0.2, 0) is 4.79 Å². The zero-order valence-corrected chi connectivity index (χ0v) is 11.6. The summed E-state index contributed by atoms with van der Waals surface area (Å²) in [4.78, 5) is 24.5. The van der Waals surface area contributed by atoms with Crippen LogP contribution in [0.25, 0.3) is 0 Å². The standard InChI is InChI=1S/C14H13F3O2S/c1-9-4-2-6-13(8-9,12(19)14(15,16)17)11(18)10-5-3-7-20-10/h3-5,7H,2,6,8H2,1H3. The maximum absolute atomic E-state index is 12.9. The molecule has 1 unspecified atom stereocenters. The summed E-state index contributed by atoms with van der Waals surface area (Å²) in [7, 11) is 0. The summed E-state index contributed by atoms with van der Waals surface area (Å²) in [6, 6.07) is 3.06. The van der Waals surface area contributed by atoms with Gasteiger partial charge in [0.05, 0.1) is 4.88 Å². The van der Waals surface area contributed by atoms with Crippen LogP contribution in [0.3, 0.4) is 0 Å². The minimum absolute atomic E-state index is 0.0839. The van der Waals surface area contributed by atoms with Gasteiger partial charge < -0.3 is 0 Å². The number of allylic oxidation sites excluding steroid dienone is 2. The third-order valence-electron chi connectivity index (χ3n) is 3.52. The number of carbonyl (C=O) groups excluding carboxylic acids is 2. The van der Waals surface area contributed by atoms with Gasteiger partial charge in [-0.2, -0.15) is 13.2 Å². The zero-order valence-electron chi connectivity index (χ0n) is 10.8. The fourth-order valence-electron chi connectivity index (χ4n) is 2.61. The van der Waals surface area contributed by atoms with Crippen molar-refractivity contribution >= 4 is 22.9 Å². The molecule has 20 heavy (non-hydrogen) atoms. The molecule has 0 aromatic carbocycles. The lowest BCUT2D eigenvalue weighted by atomic mass is 9.68. The minimum atomic E-state index is -5.00. The van der Waals surface area contributed by atoms with Crippen LogP contribution in [0.1, 0.15) is 35.9 Å². The van der Waals surface area contributed by atoms with Crippen LogP contribution in [0.4, 0.5) is 13.2 Å². The van der Waals surface area contributed by atoms with Gasteiger partial charge in [0.25, 0.3) is 0 Å². The van der Waals surface area contributed by atoms with Gasteiger partial charge in [-0.15, -0.1) is 11.3 Å². The van der Waals surface area contributed by atoms with Crippen molar-refractivity contribution in [3.8, 4) is 0 Å². The summed E-state index contributed by atoms with van der Waals surface area (Å²) >= 11 is 1.06. The Labute approximate surface area is 118 Å². The minimum Gasteiger partial charge on any atom is -0.292 e. The number of carbonyl (C=O) groups is 2. The second-order valence-electron chi connectivity index (χ2n) is 4.98. The first kappa shape index (κ1) is 15.0. The Morgan fingerprint density at radius 3 is 2.55 bits per heavy atom. The van der Waals surface area contributed by atoms with Gasteiger partial charge in [0, 0.05) is 0 Å². The van der Waals surface area contributed by atoms with Crippen LogP contribution >= 0.6 is 11.3 Å². The van der Waals surface area contributed by atoms with Crippen molar-refractivity contribution in [3.63, 3.8) is 0 Å². The molecule has 1 aromatic heterocycles. The molecule has 0 saturated heterocycles. The fraction of sp³-hybridized carbons (Fsp3) is 0.429. The van der Waals surface area contributed by atoms with E-state index in [1.807, 2.05) is 0 Å². The van der Waals surface area contributed by atoms with Gasteiger partial charge in [0.2, 0.25) is 5.78 Å². The van der Waals surface area contributed by atoms with Gasteiger partial charge in [-0.25, -0.2) is 0 Å². The van der Waals surface area contributed by atoms with E-state index < -0.39 is 23.2 Å². The average Bonchev–Trinajstić information content (AvgIpc) is 2.89. The highest BCUT2D eigenvalue weighted by Gasteiger charge is 2.57. The number of rotatable bonds is 3. The van der Waals surface area contributed by atoms with Crippen LogP contribution in [0, 0.1) is 5.41 Å². The lowest BCUT2D eigenvalue weighted by molar-refractivity contribution is -0.180. The van der Waals surface area contributed by atoms with Crippen LogP contribution in [0.5, 0.6) is 0 Å². The molecule has 1 aliphatic carbocycles. The van der Waals surface area contributed by atoms with E-state index in [0.29, 0.717) is 12.0 Å². The molecule has 0 spiro atoms. The number of hydrogen-bond donors (Lipinski definition) is 0. The predicted octanol–water partition coefficient (Wildman–Crippen LogP) is 4.18. The van der Waals surface area contributed by atoms with E-state index in [4.69, 9.17) is 0 Å². The summed E-state index contributed by atoms with van der Waals surface area (Å²) < 4.78 is 38.7. The summed E-state index contributed by atoms with van der Waals surface area (Å²) in [6.07, 6.45) is -3.14. The van der Waals surface area contributed by atoms with Gasteiger partial charge in [-0.1, -0.05) is 17.7 Å². The Bertz CT molecular complexity index is 557. The van der Waals surface area contributed by atoms with E-state index in [1.54, 1.807) is 24.4 Å². The van der Waals surface area contributed by atoms with Crippen LogP contribution in [0.2, 0.25) is 0 Å². The first-order valence-electron chi connectivity index (χ1n) is 6.13. The molecule has 108 valence electrons. The highest BCUT2D eigenvalue weighted by Crippen LogP contribution is 2.44. The van der Waals surface area contributed by atoms with Gasteiger partial charge in [-0.3, -0.25) is 9.59 Å². The third-order valence-corrected chi connectivity index (χ3v) is 4.38. The number of ketones is 2. The van der Waals surface area contributed by atoms with Crippen molar-refractivity contribution in [3.05, 3.63) is 34.0 Å². The quantitative estimate of drug-likeness (QED) is 0.477. The molecule has 0 amide bonds. The van der Waals surface area contributed by atoms with Crippen molar-refractivity contribution in [1.29, 1.82) is 0 Å². The fourth-order valence-corrected chi connectivity index (χ4v) is 3.37. The SMILES string of the molecule is CC1=CCCC(C(=O)c2cccs2)(C(=O)C(F)(F)F)C1. The topological polar surface area (TPSA) is 34.1 Å². The Hall–Kier alpha value is -1.43. The molecule has 0 aliphatic heterocycles. The first-order chi connectivity index (χ1) is 9.27. The number of alkyl halides is 3. The summed E-state index contributed by atoms with van der Waals surface area (Å²) in [5.74, 6) is -2.63. The maximum Gasteiger partial charge on any atom is 0.451 e. The summed E-state index contributed by atoms with van der Waals surface area (Å²) in [6.45, 7) is 1.65. The highest BCUT2D eigenvalue weighted by atomic mass is 32.1. The average molecular weight is 302 g/mol. The third kappa shape index (κ3) is 2.57. The zero-order chi connectivity index (χ0) is 15.0. The summed E-state index contributed by atoms with van der Waals surface area (Å²) in [5, 5.41) is 1.62. The maximum atomic E-state index is 12.9. The predicted molar refractivity (Wildman–Crippen MR) is 69.8 cm³/mol. The number of thiophene rings is 1. The van der Waals surface area contributed by atoms with Crippen molar-refractivity contribution < 1.29 is 22.8 Å². The summed E-state index contributed by atoms with van der Waals surface area (Å²) in [5.41, 5.74) is -1.33. The van der Waals surface area contributed by atoms with Crippen molar-refractivity contribution in [1.82, 2.24) is 0 Å². The highest BCUT2D eigenvalue weighted by molar-refractivity contribution is 7.12. The number of halogens is 3. The molecule has 0 fully saturated rings. The van der Waals surface area contributed by atoms with Crippen LogP contribution < -0.4 is 0 Å². The van der Waals surface area contributed by atoms with E-state index >= 15 is 0 Å². The first-order valence-corrected chi connectivity index (χ1v) is 7.01. The van der Waals surface area contributed by atoms with E-state index in [0.717, 1.165) is 11.3 Å². The molecule has 6 heteroatoms. The van der Waals surface area contributed by atoms with E-state index in [9.17, 15) is 22.8 Å². The Balaban J connectivity index is 2.48. The molecule has 2 rings (SSSR count). The van der Waals surface area contributed by atoms with E-state index in [1.165, 1.54) is 6.07 Å². The Morgan fingerprint density at radius 2 is 2.05 bits per heavy atom. The molecule has 1 aliphatic rings. The molecule has 1 aromatic rings. The van der Waals surface area contributed by atoms with Crippen LogP contribution in [-0.4, -0.2) is 17.7 Å². The molecule has 2 nitrogen and oxygen atoms in total. The van der Waals surface area contributed by atoms with Crippen molar-refractivity contribution in [2.24, 2.45) is 5.41 Å². The molecule has 1 heterocycles. The number of Topliss-reactive ketones (excluding diaryl/α,β-unsaturated/α-hetero) is 2. The normalized spacial score (nSPS) is 23.3. The monoisotopic (exact) mass is 302 g/mol. The lowest BCUT2D eigenvalue weighted by Gasteiger charge is -2.34. The Kier molecular flexibility index (Phi) is 3.86. The molecule has 0 saturated carbocycles. The van der Waals surface area contributed by atoms with Gasteiger partial charge in [-0.05, 0) is 37.6 Å². The van der Waals surface area contributed by atoms with Gasteiger partial charge in [0.15, 0.2) is 5.78 Å².